The van der Waals surface area contributed by atoms with Crippen LogP contribution in [-0.4, -0.2) is 21.4 Å². The molecule has 8 heteroatoms. The highest BCUT2D eigenvalue weighted by Gasteiger charge is 2.19. The summed E-state index contributed by atoms with van der Waals surface area (Å²) >= 11 is 7.06. The Bertz CT molecular complexity index is 1180. The van der Waals surface area contributed by atoms with Crippen LogP contribution in [0.3, 0.4) is 0 Å². The van der Waals surface area contributed by atoms with Crippen LogP contribution in [-0.2, 0) is 11.4 Å². The van der Waals surface area contributed by atoms with Gasteiger partial charge in [-0.3, -0.25) is 4.79 Å². The monoisotopic (exact) mass is 465 g/mol. The Hall–Kier alpha value is -3.29. The van der Waals surface area contributed by atoms with Gasteiger partial charge in [0.15, 0.2) is 6.61 Å². The van der Waals surface area contributed by atoms with Crippen LogP contribution in [0.1, 0.15) is 12.8 Å². The second kappa shape index (κ2) is 10.3. The van der Waals surface area contributed by atoms with Crippen molar-refractivity contribution in [2.45, 2.75) is 24.0 Å². The van der Waals surface area contributed by atoms with Crippen LogP contribution in [0.15, 0.2) is 88.5 Å². The van der Waals surface area contributed by atoms with Crippen LogP contribution < -0.4 is 10.1 Å². The van der Waals surface area contributed by atoms with E-state index in [4.69, 9.17) is 20.8 Å². The molecular weight excluding hydrogens is 446 g/mol. The number of halogens is 1. The molecule has 0 fully saturated rings. The SMILES string of the molecule is C[C@H](Sc1nnc(COc2ccc(Cl)cc2)o1)C(=O)Nc1ccccc1-c1ccccc1. The Morgan fingerprint density at radius 1 is 1.03 bits per heavy atom. The van der Waals surface area contributed by atoms with Crippen LogP contribution in [0, 0.1) is 0 Å². The van der Waals surface area contributed by atoms with E-state index in [1.807, 2.05) is 54.6 Å². The first kappa shape index (κ1) is 21.9. The summed E-state index contributed by atoms with van der Waals surface area (Å²) in [7, 11) is 0. The molecule has 3 aromatic carbocycles. The Morgan fingerprint density at radius 3 is 2.53 bits per heavy atom. The van der Waals surface area contributed by atoms with E-state index in [1.54, 1.807) is 31.2 Å². The molecule has 0 spiro atoms. The molecule has 1 aromatic heterocycles. The van der Waals surface area contributed by atoms with Crippen LogP contribution in [0.5, 0.6) is 5.75 Å². The van der Waals surface area contributed by atoms with Crippen LogP contribution >= 0.6 is 23.4 Å². The van der Waals surface area contributed by atoms with Gasteiger partial charge in [0.1, 0.15) is 5.75 Å². The lowest BCUT2D eigenvalue weighted by molar-refractivity contribution is -0.115. The average molecular weight is 466 g/mol. The van der Waals surface area contributed by atoms with E-state index >= 15 is 0 Å². The molecule has 0 aliphatic carbocycles. The van der Waals surface area contributed by atoms with E-state index < -0.39 is 5.25 Å². The normalized spacial score (nSPS) is 11.7. The number of hydrogen-bond donors (Lipinski definition) is 1. The lowest BCUT2D eigenvalue weighted by Crippen LogP contribution is -2.22. The number of carbonyl (C=O) groups excluding carboxylic acids is 1. The zero-order chi connectivity index (χ0) is 22.3. The third-order valence-electron chi connectivity index (χ3n) is 4.54. The van der Waals surface area contributed by atoms with Gasteiger partial charge in [-0.05, 0) is 42.8 Å². The molecule has 162 valence electrons. The molecule has 0 radical (unpaired) electrons. The maximum Gasteiger partial charge on any atom is 0.277 e. The second-order valence-electron chi connectivity index (χ2n) is 6.87. The third kappa shape index (κ3) is 5.69. The lowest BCUT2D eigenvalue weighted by atomic mass is 10.0. The topological polar surface area (TPSA) is 77.2 Å². The van der Waals surface area contributed by atoms with E-state index in [0.717, 1.165) is 16.8 Å². The molecule has 0 saturated heterocycles. The number of benzene rings is 3. The molecule has 6 nitrogen and oxygen atoms in total. The van der Waals surface area contributed by atoms with Crippen molar-refractivity contribution >= 4 is 35.0 Å². The minimum atomic E-state index is -0.440. The first-order chi connectivity index (χ1) is 15.6. The Balaban J connectivity index is 1.35. The summed E-state index contributed by atoms with van der Waals surface area (Å²) in [6.45, 7) is 1.92. The van der Waals surface area contributed by atoms with Gasteiger partial charge < -0.3 is 14.5 Å². The van der Waals surface area contributed by atoms with Gasteiger partial charge in [-0.2, -0.15) is 0 Å². The summed E-state index contributed by atoms with van der Waals surface area (Å²) in [4.78, 5) is 12.8. The second-order valence-corrected chi connectivity index (χ2v) is 8.59. The molecule has 0 saturated carbocycles. The van der Waals surface area contributed by atoms with E-state index in [0.29, 0.717) is 21.9 Å². The number of carbonyl (C=O) groups is 1. The van der Waals surface area contributed by atoms with Gasteiger partial charge >= 0.3 is 0 Å². The van der Waals surface area contributed by atoms with E-state index in [9.17, 15) is 4.79 Å². The predicted molar refractivity (Wildman–Crippen MR) is 126 cm³/mol. The fourth-order valence-corrected chi connectivity index (χ4v) is 3.75. The number of aromatic nitrogens is 2. The Morgan fingerprint density at radius 2 is 1.75 bits per heavy atom. The maximum atomic E-state index is 12.8. The van der Waals surface area contributed by atoms with E-state index in [-0.39, 0.29) is 12.5 Å². The quantitative estimate of drug-likeness (QED) is 0.317. The van der Waals surface area contributed by atoms with Gasteiger partial charge in [0.05, 0.1) is 5.25 Å². The van der Waals surface area contributed by atoms with E-state index in [2.05, 4.69) is 15.5 Å². The van der Waals surface area contributed by atoms with Crippen molar-refractivity contribution < 1.29 is 13.9 Å². The molecule has 4 aromatic rings. The Kier molecular flexibility index (Phi) is 7.09. The van der Waals surface area contributed by atoms with Crippen molar-refractivity contribution in [2.75, 3.05) is 5.32 Å². The number of amides is 1. The smallest absolute Gasteiger partial charge is 0.277 e. The molecular formula is C24H20ClN3O3S. The number of anilines is 1. The van der Waals surface area contributed by atoms with Crippen molar-refractivity contribution in [3.8, 4) is 16.9 Å². The largest absolute Gasteiger partial charge is 0.484 e. The fourth-order valence-electron chi connectivity index (χ4n) is 2.92. The number of thioether (sulfide) groups is 1. The van der Waals surface area contributed by atoms with E-state index in [1.165, 1.54) is 11.8 Å². The number of rotatable bonds is 8. The van der Waals surface area contributed by atoms with Crippen molar-refractivity contribution in [3.63, 3.8) is 0 Å². The van der Waals surface area contributed by atoms with Crippen molar-refractivity contribution in [2.24, 2.45) is 0 Å². The highest BCUT2D eigenvalue weighted by molar-refractivity contribution is 8.00. The number of nitrogens with zero attached hydrogens (tertiary/aromatic N) is 2. The van der Waals surface area contributed by atoms with Crippen molar-refractivity contribution in [3.05, 3.63) is 89.8 Å². The minimum absolute atomic E-state index is 0.125. The predicted octanol–water partition coefficient (Wildman–Crippen LogP) is 6.09. The van der Waals surface area contributed by atoms with Crippen LogP contribution in [0.4, 0.5) is 5.69 Å². The third-order valence-corrected chi connectivity index (χ3v) is 5.73. The zero-order valence-corrected chi connectivity index (χ0v) is 18.8. The molecule has 4 rings (SSSR count). The fraction of sp³-hybridized carbons (Fsp3) is 0.125. The Labute approximate surface area is 195 Å². The first-order valence-electron chi connectivity index (χ1n) is 9.91. The highest BCUT2D eigenvalue weighted by Crippen LogP contribution is 2.29. The number of hydrogen-bond acceptors (Lipinski definition) is 6. The molecule has 1 N–H and O–H groups in total. The van der Waals surface area contributed by atoms with Crippen LogP contribution in [0.25, 0.3) is 11.1 Å². The molecule has 0 aliphatic rings. The molecule has 0 aliphatic heterocycles. The van der Waals surface area contributed by atoms with Gasteiger partial charge in [-0.1, -0.05) is 71.9 Å². The molecule has 1 atom stereocenters. The van der Waals surface area contributed by atoms with Gasteiger partial charge in [-0.25, -0.2) is 0 Å². The number of nitrogens with one attached hydrogen (secondary N) is 1. The standard InChI is InChI=1S/C24H20ClN3O3S/c1-16(23(29)26-21-10-6-5-9-20(21)17-7-3-2-4-8-17)32-24-28-27-22(31-24)15-30-19-13-11-18(25)12-14-19/h2-14,16H,15H2,1H3,(H,26,29)/t16-/m0/s1. The average Bonchev–Trinajstić information content (AvgIpc) is 3.27. The number of ether oxygens (including phenoxy) is 1. The molecule has 0 unspecified atom stereocenters. The molecule has 0 bridgehead atoms. The minimum Gasteiger partial charge on any atom is -0.484 e. The summed E-state index contributed by atoms with van der Waals surface area (Å²) in [5.41, 5.74) is 2.74. The summed E-state index contributed by atoms with van der Waals surface area (Å²) in [6, 6.07) is 24.6. The summed E-state index contributed by atoms with van der Waals surface area (Å²) in [5, 5.41) is 11.5. The van der Waals surface area contributed by atoms with Gasteiger partial charge in [-0.15, -0.1) is 10.2 Å². The van der Waals surface area contributed by atoms with Crippen molar-refractivity contribution in [1.29, 1.82) is 0 Å². The van der Waals surface area contributed by atoms with Crippen molar-refractivity contribution in [1.82, 2.24) is 10.2 Å². The van der Waals surface area contributed by atoms with Crippen LogP contribution in [0.2, 0.25) is 5.02 Å². The lowest BCUT2D eigenvalue weighted by Gasteiger charge is -2.14. The summed E-state index contributed by atoms with van der Waals surface area (Å²) in [6.07, 6.45) is 0. The molecule has 1 amide bonds. The maximum absolute atomic E-state index is 12.8. The summed E-state index contributed by atoms with van der Waals surface area (Å²) < 4.78 is 11.2. The van der Waals surface area contributed by atoms with Gasteiger partial charge in [0.25, 0.3) is 11.1 Å². The molecule has 1 heterocycles. The highest BCUT2D eigenvalue weighted by atomic mass is 35.5. The van der Waals surface area contributed by atoms with Gasteiger partial charge in [0.2, 0.25) is 5.91 Å². The molecule has 32 heavy (non-hydrogen) atoms. The number of para-hydroxylation sites is 1. The first-order valence-corrected chi connectivity index (χ1v) is 11.2. The van der Waals surface area contributed by atoms with Gasteiger partial charge in [0, 0.05) is 16.3 Å². The summed E-state index contributed by atoms with van der Waals surface area (Å²) in [5.74, 6) is 0.812. The zero-order valence-electron chi connectivity index (χ0n) is 17.2.